The number of hydrogen-bond donors (Lipinski definition) is 1. The molecular formula is C17H20N4O. The predicted molar refractivity (Wildman–Crippen MR) is 87.0 cm³/mol. The minimum absolute atomic E-state index is 0.183. The lowest BCUT2D eigenvalue weighted by Crippen LogP contribution is -2.38. The predicted octanol–water partition coefficient (Wildman–Crippen LogP) is 2.67. The molecule has 0 saturated carbocycles. The summed E-state index contributed by atoms with van der Waals surface area (Å²) in [6.07, 6.45) is 5.16. The standard InChI is InChI=1S/C17H20N4O/c1-12-6-2-3-11-21(12)15-9-4-8-14(20-15)16(22)13-7-5-10-19-17(13)18/h4-5,7-10,12H,2-3,6,11H2,1H3,(H2,18,19). The van der Waals surface area contributed by atoms with Crippen molar-refractivity contribution in [3.63, 3.8) is 0 Å². The number of pyridine rings is 2. The van der Waals surface area contributed by atoms with Gasteiger partial charge in [0.2, 0.25) is 5.78 Å². The van der Waals surface area contributed by atoms with Crippen molar-refractivity contribution >= 4 is 17.4 Å². The SMILES string of the molecule is CC1CCCCN1c1cccc(C(=O)c2cccnc2N)n1. The van der Waals surface area contributed by atoms with Gasteiger partial charge in [0.1, 0.15) is 17.3 Å². The fraction of sp³-hybridized carbons (Fsp3) is 0.353. The highest BCUT2D eigenvalue weighted by Crippen LogP contribution is 2.23. The molecule has 22 heavy (non-hydrogen) atoms. The van der Waals surface area contributed by atoms with Crippen LogP contribution in [-0.4, -0.2) is 28.3 Å². The summed E-state index contributed by atoms with van der Waals surface area (Å²) in [4.78, 5) is 23.4. The van der Waals surface area contributed by atoms with E-state index in [-0.39, 0.29) is 11.6 Å². The van der Waals surface area contributed by atoms with Crippen LogP contribution in [0.4, 0.5) is 11.6 Å². The van der Waals surface area contributed by atoms with E-state index in [1.165, 1.54) is 12.8 Å². The zero-order valence-electron chi connectivity index (χ0n) is 12.7. The number of aromatic nitrogens is 2. The molecule has 2 aromatic rings. The highest BCUT2D eigenvalue weighted by atomic mass is 16.1. The molecule has 5 heteroatoms. The minimum Gasteiger partial charge on any atom is -0.383 e. The van der Waals surface area contributed by atoms with Crippen LogP contribution in [-0.2, 0) is 0 Å². The molecule has 1 unspecified atom stereocenters. The van der Waals surface area contributed by atoms with Gasteiger partial charge in [-0.3, -0.25) is 4.79 Å². The molecule has 0 bridgehead atoms. The smallest absolute Gasteiger partial charge is 0.215 e. The topological polar surface area (TPSA) is 72.1 Å². The summed E-state index contributed by atoms with van der Waals surface area (Å²) >= 11 is 0. The number of piperidine rings is 1. The second-order valence-electron chi connectivity index (χ2n) is 5.68. The van der Waals surface area contributed by atoms with Crippen LogP contribution in [0.3, 0.4) is 0 Å². The van der Waals surface area contributed by atoms with Crippen LogP contribution in [0.1, 0.15) is 42.2 Å². The zero-order chi connectivity index (χ0) is 15.5. The molecule has 0 aromatic carbocycles. The first-order valence-corrected chi connectivity index (χ1v) is 7.65. The van der Waals surface area contributed by atoms with E-state index in [0.717, 1.165) is 18.8 Å². The summed E-state index contributed by atoms with van der Waals surface area (Å²) < 4.78 is 0. The average Bonchev–Trinajstić information content (AvgIpc) is 2.55. The Hall–Kier alpha value is -2.43. The van der Waals surface area contributed by atoms with E-state index in [2.05, 4.69) is 21.8 Å². The molecule has 0 radical (unpaired) electrons. The van der Waals surface area contributed by atoms with Crippen LogP contribution in [0, 0.1) is 0 Å². The summed E-state index contributed by atoms with van der Waals surface area (Å²) in [5.41, 5.74) is 6.61. The number of carbonyl (C=O) groups excluding carboxylic acids is 1. The maximum absolute atomic E-state index is 12.6. The number of rotatable bonds is 3. The Morgan fingerprint density at radius 3 is 2.91 bits per heavy atom. The zero-order valence-corrected chi connectivity index (χ0v) is 12.7. The number of nitrogens with two attached hydrogens (primary N) is 1. The summed E-state index contributed by atoms with van der Waals surface area (Å²) in [5.74, 6) is 0.920. The lowest BCUT2D eigenvalue weighted by atomic mass is 10.0. The number of hydrogen-bond acceptors (Lipinski definition) is 5. The number of anilines is 2. The number of nitrogen functional groups attached to an aromatic ring is 1. The van der Waals surface area contributed by atoms with Crippen LogP contribution in [0.15, 0.2) is 36.5 Å². The Kier molecular flexibility index (Phi) is 4.04. The highest BCUT2D eigenvalue weighted by molar-refractivity contribution is 6.10. The van der Waals surface area contributed by atoms with E-state index in [9.17, 15) is 4.79 Å². The molecule has 114 valence electrons. The van der Waals surface area contributed by atoms with E-state index < -0.39 is 0 Å². The van der Waals surface area contributed by atoms with Gasteiger partial charge in [0.25, 0.3) is 0 Å². The van der Waals surface area contributed by atoms with Crippen molar-refractivity contribution in [2.24, 2.45) is 0 Å². The molecule has 3 heterocycles. The molecule has 1 atom stereocenters. The second kappa shape index (κ2) is 6.13. The van der Waals surface area contributed by atoms with Gasteiger partial charge in [-0.25, -0.2) is 9.97 Å². The third kappa shape index (κ3) is 2.79. The van der Waals surface area contributed by atoms with Gasteiger partial charge in [-0.05, 0) is 50.5 Å². The number of nitrogens with zero attached hydrogens (tertiary/aromatic N) is 3. The Morgan fingerprint density at radius 2 is 2.14 bits per heavy atom. The van der Waals surface area contributed by atoms with Crippen molar-refractivity contribution in [1.82, 2.24) is 9.97 Å². The highest BCUT2D eigenvalue weighted by Gasteiger charge is 2.21. The van der Waals surface area contributed by atoms with Gasteiger partial charge >= 0.3 is 0 Å². The molecule has 1 aliphatic heterocycles. The quantitative estimate of drug-likeness (QED) is 0.882. The summed E-state index contributed by atoms with van der Waals surface area (Å²) in [5, 5.41) is 0. The Morgan fingerprint density at radius 1 is 1.27 bits per heavy atom. The van der Waals surface area contributed by atoms with Gasteiger partial charge in [-0.2, -0.15) is 0 Å². The third-order valence-corrected chi connectivity index (χ3v) is 4.15. The maximum Gasteiger partial charge on any atom is 0.215 e. The van der Waals surface area contributed by atoms with Crippen molar-refractivity contribution in [3.05, 3.63) is 47.8 Å². The molecule has 1 fully saturated rings. The fourth-order valence-electron chi connectivity index (χ4n) is 2.90. The first-order chi connectivity index (χ1) is 10.7. The number of carbonyl (C=O) groups is 1. The lowest BCUT2D eigenvalue weighted by molar-refractivity contribution is 0.103. The van der Waals surface area contributed by atoms with E-state index in [0.29, 0.717) is 17.3 Å². The van der Waals surface area contributed by atoms with Crippen molar-refractivity contribution in [2.45, 2.75) is 32.2 Å². The molecule has 0 amide bonds. The first-order valence-electron chi connectivity index (χ1n) is 7.65. The number of ketones is 1. The molecular weight excluding hydrogens is 276 g/mol. The van der Waals surface area contributed by atoms with Gasteiger partial charge in [-0.15, -0.1) is 0 Å². The van der Waals surface area contributed by atoms with Gasteiger partial charge in [-0.1, -0.05) is 6.07 Å². The third-order valence-electron chi connectivity index (χ3n) is 4.15. The van der Waals surface area contributed by atoms with Gasteiger partial charge in [0.05, 0.1) is 5.56 Å². The molecule has 1 aliphatic rings. The first kappa shape index (κ1) is 14.5. The van der Waals surface area contributed by atoms with Crippen molar-refractivity contribution in [2.75, 3.05) is 17.2 Å². The van der Waals surface area contributed by atoms with Crippen molar-refractivity contribution in [3.8, 4) is 0 Å². The van der Waals surface area contributed by atoms with E-state index >= 15 is 0 Å². The van der Waals surface area contributed by atoms with Crippen LogP contribution < -0.4 is 10.6 Å². The molecule has 3 rings (SSSR count). The van der Waals surface area contributed by atoms with Crippen molar-refractivity contribution < 1.29 is 4.79 Å². The molecule has 2 N–H and O–H groups in total. The monoisotopic (exact) mass is 296 g/mol. The normalized spacial score (nSPS) is 18.2. The molecule has 1 saturated heterocycles. The van der Waals surface area contributed by atoms with Crippen LogP contribution in [0.2, 0.25) is 0 Å². The van der Waals surface area contributed by atoms with E-state index in [4.69, 9.17) is 5.73 Å². The summed E-state index contributed by atoms with van der Waals surface area (Å²) in [6, 6.07) is 9.42. The Bertz CT molecular complexity index is 686. The summed E-state index contributed by atoms with van der Waals surface area (Å²) in [7, 11) is 0. The molecule has 5 nitrogen and oxygen atoms in total. The summed E-state index contributed by atoms with van der Waals surface area (Å²) in [6.45, 7) is 3.19. The second-order valence-corrected chi connectivity index (χ2v) is 5.68. The Balaban J connectivity index is 1.91. The van der Waals surface area contributed by atoms with Gasteiger partial charge in [0, 0.05) is 18.8 Å². The molecule has 0 aliphatic carbocycles. The largest absolute Gasteiger partial charge is 0.383 e. The Labute approximate surface area is 130 Å². The van der Waals surface area contributed by atoms with Gasteiger partial charge in [0.15, 0.2) is 0 Å². The average molecular weight is 296 g/mol. The maximum atomic E-state index is 12.6. The van der Waals surface area contributed by atoms with Crippen molar-refractivity contribution in [1.29, 1.82) is 0 Å². The van der Waals surface area contributed by atoms with Crippen LogP contribution in [0.5, 0.6) is 0 Å². The molecule has 2 aromatic heterocycles. The minimum atomic E-state index is -0.183. The van der Waals surface area contributed by atoms with E-state index in [1.807, 2.05) is 12.1 Å². The van der Waals surface area contributed by atoms with Crippen LogP contribution >= 0.6 is 0 Å². The molecule has 0 spiro atoms. The fourth-order valence-corrected chi connectivity index (χ4v) is 2.90. The van der Waals surface area contributed by atoms with Crippen LogP contribution in [0.25, 0.3) is 0 Å². The van der Waals surface area contributed by atoms with E-state index in [1.54, 1.807) is 24.4 Å². The van der Waals surface area contributed by atoms with Gasteiger partial charge < -0.3 is 10.6 Å². The lowest BCUT2D eigenvalue weighted by Gasteiger charge is -2.34.